The van der Waals surface area contributed by atoms with Crippen molar-refractivity contribution in [2.45, 2.75) is 17.7 Å². The third-order valence-corrected chi connectivity index (χ3v) is 4.39. The summed E-state index contributed by atoms with van der Waals surface area (Å²) in [4.78, 5) is 2.18. The number of nitrogens with zero attached hydrogens (tertiary/aromatic N) is 2. The van der Waals surface area contributed by atoms with Crippen molar-refractivity contribution in [2.24, 2.45) is 4.40 Å². The monoisotopic (exact) mass is 316 g/mol. The Hall–Kier alpha value is -0.880. The molecule has 0 saturated heterocycles. The van der Waals surface area contributed by atoms with E-state index in [9.17, 15) is 8.42 Å². The molecule has 0 spiro atoms. The van der Waals surface area contributed by atoms with Crippen molar-refractivity contribution >= 4 is 38.0 Å². The zero-order valence-electron chi connectivity index (χ0n) is 9.21. The lowest BCUT2D eigenvalue weighted by atomic mass is 10.2. The second-order valence-corrected chi connectivity index (χ2v) is 6.15. The van der Waals surface area contributed by atoms with Gasteiger partial charge in [0.1, 0.15) is 11.2 Å². The Bertz CT molecular complexity index is 528. The van der Waals surface area contributed by atoms with E-state index in [1.165, 1.54) is 6.34 Å². The summed E-state index contributed by atoms with van der Waals surface area (Å²) in [5, 5.41) is 0.956. The molecule has 1 aromatic carbocycles. The first-order valence-electron chi connectivity index (χ1n) is 5.37. The molecular formula is C11H13BrN2O2S. The maximum atomic E-state index is 11.7. The summed E-state index contributed by atoms with van der Waals surface area (Å²) in [6.07, 6.45) is 3.46. The number of hydrogen-bond acceptors (Lipinski definition) is 3. The Balaban J connectivity index is 2.28. The predicted molar refractivity (Wildman–Crippen MR) is 72.5 cm³/mol. The lowest BCUT2D eigenvalue weighted by molar-refractivity contribution is 0.597. The van der Waals surface area contributed by atoms with E-state index >= 15 is 0 Å². The van der Waals surface area contributed by atoms with Gasteiger partial charge < -0.3 is 4.90 Å². The molecule has 0 aliphatic carbocycles. The third kappa shape index (κ3) is 2.69. The molecule has 0 unspecified atom stereocenters. The first kappa shape index (κ1) is 12.6. The number of unbranched alkanes of at least 4 members (excludes halogenated alkanes) is 1. The Labute approximate surface area is 110 Å². The SMILES string of the molecule is O=S1(=O)N=CN(CCCCBr)c2ccccc21. The number of hydrogen-bond donors (Lipinski definition) is 0. The molecule has 0 aromatic heterocycles. The molecule has 1 heterocycles. The van der Waals surface area contributed by atoms with Gasteiger partial charge in [-0.05, 0) is 25.0 Å². The molecule has 0 fully saturated rings. The van der Waals surface area contributed by atoms with Crippen LogP contribution in [0.25, 0.3) is 0 Å². The summed E-state index contributed by atoms with van der Waals surface area (Å²) in [6, 6.07) is 6.96. The van der Waals surface area contributed by atoms with Crippen LogP contribution in [0.4, 0.5) is 5.69 Å². The molecule has 0 atom stereocenters. The van der Waals surface area contributed by atoms with E-state index in [2.05, 4.69) is 20.3 Å². The molecule has 2 rings (SSSR count). The van der Waals surface area contributed by atoms with Crippen molar-refractivity contribution in [2.75, 3.05) is 16.8 Å². The number of fused-ring (bicyclic) bond motifs is 1. The van der Waals surface area contributed by atoms with Gasteiger partial charge in [-0.2, -0.15) is 8.42 Å². The summed E-state index contributed by atoms with van der Waals surface area (Å²) in [7, 11) is -3.49. The molecular weight excluding hydrogens is 304 g/mol. The van der Waals surface area contributed by atoms with Crippen LogP contribution in [0.1, 0.15) is 12.8 Å². The van der Waals surface area contributed by atoms with Crippen molar-refractivity contribution in [1.29, 1.82) is 0 Å². The summed E-state index contributed by atoms with van der Waals surface area (Å²) in [6.45, 7) is 0.779. The van der Waals surface area contributed by atoms with Gasteiger partial charge in [0.05, 0.1) is 5.69 Å². The largest absolute Gasteiger partial charge is 0.331 e. The van der Waals surface area contributed by atoms with Gasteiger partial charge in [0, 0.05) is 11.9 Å². The van der Waals surface area contributed by atoms with Gasteiger partial charge in [-0.25, -0.2) is 0 Å². The van der Waals surface area contributed by atoms with E-state index in [0.29, 0.717) is 4.90 Å². The molecule has 4 nitrogen and oxygen atoms in total. The van der Waals surface area contributed by atoms with Crippen LogP contribution >= 0.6 is 15.9 Å². The molecule has 1 aliphatic heterocycles. The molecule has 0 bridgehead atoms. The Morgan fingerprint density at radius 3 is 2.76 bits per heavy atom. The van der Waals surface area contributed by atoms with Crippen molar-refractivity contribution < 1.29 is 8.42 Å². The van der Waals surface area contributed by atoms with Crippen molar-refractivity contribution in [3.8, 4) is 0 Å². The zero-order chi connectivity index (χ0) is 12.3. The van der Waals surface area contributed by atoms with Gasteiger partial charge in [0.2, 0.25) is 0 Å². The maximum absolute atomic E-state index is 11.7. The Morgan fingerprint density at radius 2 is 2.00 bits per heavy atom. The molecule has 0 radical (unpaired) electrons. The van der Waals surface area contributed by atoms with Crippen molar-refractivity contribution in [3.05, 3.63) is 24.3 Å². The first-order valence-corrected chi connectivity index (χ1v) is 7.93. The van der Waals surface area contributed by atoms with Crippen LogP contribution in [0.5, 0.6) is 0 Å². The second-order valence-electron chi connectivity index (χ2n) is 3.75. The normalized spacial score (nSPS) is 16.9. The first-order chi connectivity index (χ1) is 8.15. The van der Waals surface area contributed by atoms with Gasteiger partial charge in [-0.1, -0.05) is 28.1 Å². The molecule has 0 amide bonds. The molecule has 1 aliphatic rings. The summed E-state index contributed by atoms with van der Waals surface area (Å²) >= 11 is 3.38. The van der Waals surface area contributed by atoms with Gasteiger partial charge in [0.15, 0.2) is 0 Å². The number of rotatable bonds is 4. The minimum absolute atomic E-state index is 0.293. The standard InChI is InChI=1S/C11H13BrN2O2S/c12-7-3-4-8-14-9-13-17(15,16)11-6-2-1-5-10(11)14/h1-2,5-6,9H,3-4,7-8H2. The quantitative estimate of drug-likeness (QED) is 0.633. The van der Waals surface area contributed by atoms with Crippen LogP contribution < -0.4 is 4.90 Å². The fourth-order valence-electron chi connectivity index (χ4n) is 1.71. The van der Waals surface area contributed by atoms with Crippen LogP contribution in [-0.2, 0) is 10.0 Å². The van der Waals surface area contributed by atoms with E-state index in [-0.39, 0.29) is 0 Å². The summed E-state index contributed by atoms with van der Waals surface area (Å²) in [5.74, 6) is 0. The maximum Gasteiger partial charge on any atom is 0.285 e. The van der Waals surface area contributed by atoms with Crippen LogP contribution in [0.2, 0.25) is 0 Å². The lowest BCUT2D eigenvalue weighted by Crippen LogP contribution is -2.28. The van der Waals surface area contributed by atoms with Crippen LogP contribution in [0.15, 0.2) is 33.6 Å². The molecule has 6 heteroatoms. The van der Waals surface area contributed by atoms with Gasteiger partial charge in [0.25, 0.3) is 10.0 Å². The topological polar surface area (TPSA) is 49.7 Å². The smallest absolute Gasteiger partial charge is 0.285 e. The van der Waals surface area contributed by atoms with Crippen LogP contribution in [-0.4, -0.2) is 26.6 Å². The van der Waals surface area contributed by atoms with Crippen LogP contribution in [0.3, 0.4) is 0 Å². The predicted octanol–water partition coefficient (Wildman–Crippen LogP) is 2.40. The fraction of sp³-hybridized carbons (Fsp3) is 0.364. The van der Waals surface area contributed by atoms with E-state index < -0.39 is 10.0 Å². The summed E-state index contributed by atoms with van der Waals surface area (Å²) in [5.41, 5.74) is 0.720. The van der Waals surface area contributed by atoms with Crippen molar-refractivity contribution in [3.63, 3.8) is 0 Å². The van der Waals surface area contributed by atoms with E-state index in [4.69, 9.17) is 0 Å². The minimum atomic E-state index is -3.49. The fourth-order valence-corrected chi connectivity index (χ4v) is 3.15. The molecule has 17 heavy (non-hydrogen) atoms. The average molecular weight is 317 g/mol. The lowest BCUT2D eigenvalue weighted by Gasteiger charge is -2.24. The molecule has 92 valence electrons. The van der Waals surface area contributed by atoms with E-state index in [1.807, 2.05) is 17.0 Å². The molecule has 1 aromatic rings. The number of sulfonamides is 1. The Morgan fingerprint density at radius 1 is 1.24 bits per heavy atom. The zero-order valence-corrected chi connectivity index (χ0v) is 11.6. The molecule has 0 N–H and O–H groups in total. The molecule has 0 saturated carbocycles. The number of anilines is 1. The highest BCUT2D eigenvalue weighted by molar-refractivity contribution is 9.09. The third-order valence-electron chi connectivity index (χ3n) is 2.56. The average Bonchev–Trinajstić information content (AvgIpc) is 2.33. The number of benzene rings is 1. The van der Waals surface area contributed by atoms with Gasteiger partial charge >= 0.3 is 0 Å². The highest BCUT2D eigenvalue weighted by atomic mass is 79.9. The number of halogens is 1. The Kier molecular flexibility index (Phi) is 3.83. The minimum Gasteiger partial charge on any atom is -0.331 e. The highest BCUT2D eigenvalue weighted by Gasteiger charge is 2.24. The van der Waals surface area contributed by atoms with E-state index in [0.717, 1.165) is 30.4 Å². The van der Waals surface area contributed by atoms with Crippen LogP contribution in [0, 0.1) is 0 Å². The highest BCUT2D eigenvalue weighted by Crippen LogP contribution is 2.29. The number of alkyl halides is 1. The summed E-state index contributed by atoms with van der Waals surface area (Å²) < 4.78 is 27.1. The second kappa shape index (κ2) is 5.18. The van der Waals surface area contributed by atoms with Crippen molar-refractivity contribution in [1.82, 2.24) is 0 Å². The number of para-hydroxylation sites is 1. The van der Waals surface area contributed by atoms with E-state index in [1.54, 1.807) is 12.1 Å². The van der Waals surface area contributed by atoms with Gasteiger partial charge in [-0.3, -0.25) is 0 Å². The van der Waals surface area contributed by atoms with Gasteiger partial charge in [-0.15, -0.1) is 4.40 Å².